The molecular formula is C16H14N2O4. The van der Waals surface area contributed by atoms with E-state index in [1.807, 2.05) is 0 Å². The first kappa shape index (κ1) is 15.4. The van der Waals surface area contributed by atoms with Crippen LogP contribution in [0, 0.1) is 10.1 Å². The summed E-state index contributed by atoms with van der Waals surface area (Å²) in [7, 11) is 0. The summed E-state index contributed by atoms with van der Waals surface area (Å²) in [6, 6.07) is 12.8. The Bertz CT molecular complexity index is 708. The number of nitro groups is 1. The average Bonchev–Trinajstić information content (AvgIpc) is 2.53. The number of hydrogen-bond donors (Lipinski definition) is 2. The predicted molar refractivity (Wildman–Crippen MR) is 83.1 cm³/mol. The normalized spacial score (nSPS) is 10.6. The lowest BCUT2D eigenvalue weighted by molar-refractivity contribution is -0.384. The third kappa shape index (κ3) is 4.26. The number of amides is 1. The maximum absolute atomic E-state index is 11.8. The molecule has 6 nitrogen and oxygen atoms in total. The Labute approximate surface area is 126 Å². The van der Waals surface area contributed by atoms with E-state index in [9.17, 15) is 14.9 Å². The highest BCUT2D eigenvalue weighted by molar-refractivity contribution is 6.01. The van der Waals surface area contributed by atoms with Crippen molar-refractivity contribution < 1.29 is 14.8 Å². The zero-order valence-electron chi connectivity index (χ0n) is 11.6. The minimum atomic E-state index is -0.478. The van der Waals surface area contributed by atoms with Crippen LogP contribution in [0.25, 0.3) is 6.08 Å². The van der Waals surface area contributed by atoms with Crippen LogP contribution >= 0.6 is 0 Å². The van der Waals surface area contributed by atoms with Gasteiger partial charge in [0.05, 0.1) is 11.5 Å². The van der Waals surface area contributed by atoms with Crippen molar-refractivity contribution in [1.82, 2.24) is 0 Å². The monoisotopic (exact) mass is 298 g/mol. The molecular weight excluding hydrogens is 284 g/mol. The van der Waals surface area contributed by atoms with Crippen molar-refractivity contribution in [2.45, 2.75) is 6.61 Å². The summed E-state index contributed by atoms with van der Waals surface area (Å²) in [5, 5.41) is 22.2. The fraction of sp³-hybridized carbons (Fsp3) is 0.0625. The van der Waals surface area contributed by atoms with Crippen LogP contribution < -0.4 is 5.32 Å². The number of nitrogens with one attached hydrogen (secondary N) is 1. The lowest BCUT2D eigenvalue weighted by atomic mass is 10.2. The first-order chi connectivity index (χ1) is 10.6. The number of nitrogens with zero attached hydrogens (tertiary/aromatic N) is 1. The summed E-state index contributed by atoms with van der Waals surface area (Å²) in [6.45, 7) is -0.0949. The Morgan fingerprint density at radius 1 is 1.23 bits per heavy atom. The number of aliphatic hydroxyl groups excluding tert-OH is 1. The van der Waals surface area contributed by atoms with E-state index in [1.54, 1.807) is 42.5 Å². The Morgan fingerprint density at radius 3 is 2.59 bits per heavy atom. The molecule has 0 radical (unpaired) electrons. The molecule has 0 heterocycles. The highest BCUT2D eigenvalue weighted by Gasteiger charge is 2.03. The molecule has 1 amide bonds. The molecule has 2 aromatic rings. The molecule has 0 unspecified atom stereocenters. The standard InChI is InChI=1S/C16H14N2O4/c19-11-13-2-1-3-14(10-13)17-16(20)9-6-12-4-7-15(8-5-12)18(21)22/h1-10,19H,11H2,(H,17,20)/b9-6+. The molecule has 6 heteroatoms. The first-order valence-electron chi connectivity index (χ1n) is 6.52. The fourth-order valence-electron chi connectivity index (χ4n) is 1.81. The maximum Gasteiger partial charge on any atom is 0.269 e. The molecule has 0 aliphatic carbocycles. The van der Waals surface area contributed by atoms with Crippen LogP contribution in [0.1, 0.15) is 11.1 Å². The van der Waals surface area contributed by atoms with Gasteiger partial charge in [-0.05, 0) is 41.5 Å². The number of anilines is 1. The number of carbonyl (C=O) groups excluding carboxylic acids is 1. The van der Waals surface area contributed by atoms with Crippen LogP contribution in [0.15, 0.2) is 54.6 Å². The summed E-state index contributed by atoms with van der Waals surface area (Å²) in [5.74, 6) is -0.326. The minimum absolute atomic E-state index is 0.00224. The summed E-state index contributed by atoms with van der Waals surface area (Å²) in [5.41, 5.74) is 1.98. The lowest BCUT2D eigenvalue weighted by Crippen LogP contribution is -2.07. The molecule has 2 aromatic carbocycles. The van der Waals surface area contributed by atoms with Gasteiger partial charge in [0, 0.05) is 23.9 Å². The summed E-state index contributed by atoms with van der Waals surface area (Å²) >= 11 is 0. The number of carbonyl (C=O) groups is 1. The van der Waals surface area contributed by atoms with Gasteiger partial charge in [0.25, 0.3) is 5.69 Å². The molecule has 2 N–H and O–H groups in total. The van der Waals surface area contributed by atoms with Crippen LogP contribution in [0.3, 0.4) is 0 Å². The minimum Gasteiger partial charge on any atom is -0.392 e. The highest BCUT2D eigenvalue weighted by Crippen LogP contribution is 2.13. The predicted octanol–water partition coefficient (Wildman–Crippen LogP) is 2.74. The van der Waals surface area contributed by atoms with Crippen LogP contribution in [-0.4, -0.2) is 15.9 Å². The smallest absolute Gasteiger partial charge is 0.269 e. The van der Waals surface area contributed by atoms with Gasteiger partial charge in [-0.15, -0.1) is 0 Å². The van der Waals surface area contributed by atoms with Crippen LogP contribution in [-0.2, 0) is 11.4 Å². The third-order valence-corrected chi connectivity index (χ3v) is 2.91. The second kappa shape index (κ2) is 7.14. The molecule has 112 valence electrons. The number of non-ortho nitro benzene ring substituents is 1. The molecule has 0 spiro atoms. The van der Waals surface area contributed by atoms with Crippen molar-refractivity contribution in [3.63, 3.8) is 0 Å². The van der Waals surface area contributed by atoms with Gasteiger partial charge in [-0.2, -0.15) is 0 Å². The zero-order chi connectivity index (χ0) is 15.9. The molecule has 0 bridgehead atoms. The SMILES string of the molecule is O=C(/C=C/c1ccc([N+](=O)[O-])cc1)Nc1cccc(CO)c1. The van der Waals surface area contributed by atoms with E-state index in [1.165, 1.54) is 18.2 Å². The third-order valence-electron chi connectivity index (χ3n) is 2.91. The van der Waals surface area contributed by atoms with Crippen molar-refractivity contribution in [1.29, 1.82) is 0 Å². The molecule has 0 fully saturated rings. The highest BCUT2D eigenvalue weighted by atomic mass is 16.6. The van der Waals surface area contributed by atoms with E-state index >= 15 is 0 Å². The Kier molecular flexibility index (Phi) is 5.00. The largest absolute Gasteiger partial charge is 0.392 e. The Balaban J connectivity index is 2.00. The van der Waals surface area contributed by atoms with Gasteiger partial charge in [-0.25, -0.2) is 0 Å². The van der Waals surface area contributed by atoms with Gasteiger partial charge in [0.2, 0.25) is 5.91 Å². The first-order valence-corrected chi connectivity index (χ1v) is 6.52. The van der Waals surface area contributed by atoms with Gasteiger partial charge in [0.15, 0.2) is 0 Å². The molecule has 0 atom stereocenters. The van der Waals surface area contributed by atoms with E-state index in [4.69, 9.17) is 5.11 Å². The van der Waals surface area contributed by atoms with Crippen LogP contribution in [0.5, 0.6) is 0 Å². The number of nitro benzene ring substituents is 1. The van der Waals surface area contributed by atoms with Crippen molar-refractivity contribution in [3.8, 4) is 0 Å². The Hall–Kier alpha value is -2.99. The maximum atomic E-state index is 11.8. The molecule has 0 aliphatic heterocycles. The molecule has 2 rings (SSSR count). The number of hydrogen-bond acceptors (Lipinski definition) is 4. The van der Waals surface area contributed by atoms with Crippen molar-refractivity contribution in [2.75, 3.05) is 5.32 Å². The van der Waals surface area contributed by atoms with Gasteiger partial charge in [-0.1, -0.05) is 12.1 Å². The van der Waals surface area contributed by atoms with E-state index in [0.717, 1.165) is 0 Å². The second-order valence-electron chi connectivity index (χ2n) is 4.53. The van der Waals surface area contributed by atoms with Crippen LogP contribution in [0.4, 0.5) is 11.4 Å². The Morgan fingerprint density at radius 2 is 1.95 bits per heavy atom. The number of rotatable bonds is 5. The summed E-state index contributed by atoms with van der Waals surface area (Å²) < 4.78 is 0. The molecule has 22 heavy (non-hydrogen) atoms. The van der Waals surface area contributed by atoms with E-state index in [-0.39, 0.29) is 18.2 Å². The number of aliphatic hydroxyl groups is 1. The van der Waals surface area contributed by atoms with Gasteiger partial charge >= 0.3 is 0 Å². The molecule has 0 aliphatic rings. The second-order valence-corrected chi connectivity index (χ2v) is 4.53. The van der Waals surface area contributed by atoms with E-state index in [2.05, 4.69) is 5.32 Å². The van der Waals surface area contributed by atoms with Gasteiger partial charge in [-0.3, -0.25) is 14.9 Å². The zero-order valence-corrected chi connectivity index (χ0v) is 11.6. The van der Waals surface area contributed by atoms with Crippen LogP contribution in [0.2, 0.25) is 0 Å². The molecule has 0 aromatic heterocycles. The van der Waals surface area contributed by atoms with E-state index < -0.39 is 4.92 Å². The molecule has 0 saturated carbocycles. The van der Waals surface area contributed by atoms with Crippen molar-refractivity contribution in [3.05, 3.63) is 75.8 Å². The quantitative estimate of drug-likeness (QED) is 0.504. The van der Waals surface area contributed by atoms with Crippen molar-refractivity contribution >= 4 is 23.4 Å². The number of benzene rings is 2. The van der Waals surface area contributed by atoms with Crippen molar-refractivity contribution in [2.24, 2.45) is 0 Å². The fourth-order valence-corrected chi connectivity index (χ4v) is 1.81. The topological polar surface area (TPSA) is 92.5 Å². The average molecular weight is 298 g/mol. The van der Waals surface area contributed by atoms with E-state index in [0.29, 0.717) is 16.8 Å². The molecule has 0 saturated heterocycles. The summed E-state index contributed by atoms with van der Waals surface area (Å²) in [6.07, 6.45) is 2.90. The lowest BCUT2D eigenvalue weighted by Gasteiger charge is -2.03. The van der Waals surface area contributed by atoms with Gasteiger partial charge < -0.3 is 10.4 Å². The van der Waals surface area contributed by atoms with Gasteiger partial charge in [0.1, 0.15) is 0 Å². The summed E-state index contributed by atoms with van der Waals surface area (Å²) in [4.78, 5) is 21.9.